The Hall–Kier alpha value is -1.65. The molecule has 0 radical (unpaired) electrons. The fourth-order valence-corrected chi connectivity index (χ4v) is 3.14. The molecule has 1 atom stereocenters. The number of hydrogen-bond donors (Lipinski definition) is 0. The van der Waals surface area contributed by atoms with Crippen molar-refractivity contribution in [3.05, 3.63) is 58.6 Å². The molecule has 3 nitrogen and oxygen atoms in total. The lowest BCUT2D eigenvalue weighted by Crippen LogP contribution is -2.46. The lowest BCUT2D eigenvalue weighted by molar-refractivity contribution is -0.131. The van der Waals surface area contributed by atoms with Gasteiger partial charge in [-0.1, -0.05) is 40.2 Å². The Kier molecular flexibility index (Phi) is 3.59. The number of fused-ring (bicyclic) bond motifs is 1. The molecule has 21 heavy (non-hydrogen) atoms. The van der Waals surface area contributed by atoms with Gasteiger partial charge in [0.25, 0.3) is 0 Å². The molecule has 2 aromatic rings. The zero-order valence-corrected chi connectivity index (χ0v) is 13.5. The molecule has 0 saturated heterocycles. The van der Waals surface area contributed by atoms with E-state index >= 15 is 0 Å². The van der Waals surface area contributed by atoms with Crippen LogP contribution in [0.25, 0.3) is 0 Å². The van der Waals surface area contributed by atoms with Gasteiger partial charge in [0.2, 0.25) is 0 Å². The summed E-state index contributed by atoms with van der Waals surface area (Å²) in [6, 6.07) is 15.9. The van der Waals surface area contributed by atoms with Crippen molar-refractivity contribution in [2.24, 2.45) is 0 Å². The van der Waals surface area contributed by atoms with Crippen molar-refractivity contribution >= 4 is 33.6 Å². The predicted octanol–water partition coefficient (Wildman–Crippen LogP) is 4.38. The summed E-state index contributed by atoms with van der Waals surface area (Å²) in [7, 11) is 0. The number of aldehydes is 1. The van der Waals surface area contributed by atoms with Crippen LogP contribution in [0.15, 0.2) is 53.0 Å². The maximum atomic E-state index is 11.5. The van der Waals surface area contributed by atoms with E-state index in [2.05, 4.69) is 15.9 Å². The minimum absolute atomic E-state index is 0.495. The van der Waals surface area contributed by atoms with Crippen molar-refractivity contribution in [3.63, 3.8) is 0 Å². The van der Waals surface area contributed by atoms with Crippen LogP contribution in [0, 0.1) is 0 Å². The van der Waals surface area contributed by atoms with E-state index in [0.717, 1.165) is 27.7 Å². The Morgan fingerprint density at radius 2 is 1.95 bits per heavy atom. The fraction of sp³-hybridized carbons (Fsp3) is 0.235. The molecule has 1 aliphatic rings. The third kappa shape index (κ3) is 2.49. The van der Waals surface area contributed by atoms with Crippen LogP contribution in [-0.2, 0) is 15.1 Å². The lowest BCUT2D eigenvalue weighted by atomic mass is 9.93. The number of benzene rings is 2. The van der Waals surface area contributed by atoms with Gasteiger partial charge in [0.1, 0.15) is 0 Å². The monoisotopic (exact) mass is 345 g/mol. The first-order valence-corrected chi connectivity index (χ1v) is 7.59. The smallest absolute Gasteiger partial charge is 0.192 e. The Bertz CT molecular complexity index is 684. The van der Waals surface area contributed by atoms with E-state index in [4.69, 9.17) is 4.74 Å². The number of ether oxygens (including phenoxy) is 1. The van der Waals surface area contributed by atoms with Gasteiger partial charge < -0.3 is 9.64 Å². The topological polar surface area (TPSA) is 29.5 Å². The standard InChI is InChI=1S/C17H16BrNO2/c1-17(2)14-8-3-4-9-15(14)19(16(11-20)21-17)13-7-5-6-12(18)10-13/h3-11,16H,1-2H3. The molecule has 4 heteroatoms. The van der Waals surface area contributed by atoms with E-state index in [9.17, 15) is 4.79 Å². The molecule has 108 valence electrons. The van der Waals surface area contributed by atoms with Gasteiger partial charge in [0.15, 0.2) is 12.5 Å². The van der Waals surface area contributed by atoms with Crippen molar-refractivity contribution < 1.29 is 9.53 Å². The van der Waals surface area contributed by atoms with Crippen LogP contribution in [0.4, 0.5) is 11.4 Å². The zero-order valence-electron chi connectivity index (χ0n) is 11.9. The van der Waals surface area contributed by atoms with Crippen LogP contribution in [0.2, 0.25) is 0 Å². The molecular weight excluding hydrogens is 330 g/mol. The summed E-state index contributed by atoms with van der Waals surface area (Å²) in [6.45, 7) is 3.97. The quantitative estimate of drug-likeness (QED) is 0.756. The first-order chi connectivity index (χ1) is 10.0. The Balaban J connectivity index is 2.20. The number of rotatable bonds is 2. The van der Waals surface area contributed by atoms with E-state index < -0.39 is 11.8 Å². The lowest BCUT2D eigenvalue weighted by Gasteiger charge is -2.43. The number of para-hydroxylation sites is 1. The minimum atomic E-state index is -0.635. The van der Waals surface area contributed by atoms with Crippen LogP contribution >= 0.6 is 15.9 Å². The highest BCUT2D eigenvalue weighted by atomic mass is 79.9. The SMILES string of the molecule is CC1(C)OC(C=O)N(c2cccc(Br)c2)c2ccccc21. The first-order valence-electron chi connectivity index (χ1n) is 6.80. The van der Waals surface area contributed by atoms with Crippen LogP contribution in [0.5, 0.6) is 0 Å². The average Bonchev–Trinajstić information content (AvgIpc) is 2.46. The van der Waals surface area contributed by atoms with Gasteiger partial charge in [0, 0.05) is 15.7 Å². The molecule has 0 spiro atoms. The summed E-state index contributed by atoms with van der Waals surface area (Å²) in [5.74, 6) is 0. The van der Waals surface area contributed by atoms with Crippen LogP contribution in [0.3, 0.4) is 0 Å². The molecule has 3 rings (SSSR count). The second-order valence-electron chi connectivity index (χ2n) is 5.52. The molecular formula is C17H16BrNO2. The van der Waals surface area contributed by atoms with Gasteiger partial charge in [-0.2, -0.15) is 0 Å². The molecule has 1 aliphatic heterocycles. The van der Waals surface area contributed by atoms with Crippen LogP contribution in [0.1, 0.15) is 19.4 Å². The third-order valence-corrected chi connectivity index (χ3v) is 4.18. The summed E-state index contributed by atoms with van der Waals surface area (Å²) >= 11 is 3.48. The van der Waals surface area contributed by atoms with Gasteiger partial charge in [-0.25, -0.2) is 0 Å². The van der Waals surface area contributed by atoms with E-state index in [1.54, 1.807) is 0 Å². The number of anilines is 2. The maximum absolute atomic E-state index is 11.5. The van der Waals surface area contributed by atoms with E-state index in [-0.39, 0.29) is 0 Å². The highest BCUT2D eigenvalue weighted by Crippen LogP contribution is 2.43. The Labute approximate surface area is 132 Å². The van der Waals surface area contributed by atoms with Crippen LogP contribution < -0.4 is 4.90 Å². The van der Waals surface area contributed by atoms with Gasteiger partial charge in [-0.05, 0) is 38.1 Å². The van der Waals surface area contributed by atoms with E-state index in [1.165, 1.54) is 0 Å². The fourth-order valence-electron chi connectivity index (χ4n) is 2.75. The summed E-state index contributed by atoms with van der Waals surface area (Å²) in [6.07, 6.45) is 0.211. The minimum Gasteiger partial charge on any atom is -0.340 e. The second kappa shape index (κ2) is 5.28. The van der Waals surface area contributed by atoms with Gasteiger partial charge in [-0.15, -0.1) is 0 Å². The van der Waals surface area contributed by atoms with Gasteiger partial charge in [-0.3, -0.25) is 4.79 Å². The molecule has 1 heterocycles. The Morgan fingerprint density at radius 3 is 2.67 bits per heavy atom. The number of hydrogen-bond acceptors (Lipinski definition) is 3. The summed E-state index contributed by atoms with van der Waals surface area (Å²) in [5.41, 5.74) is 2.50. The van der Waals surface area contributed by atoms with Crippen molar-refractivity contribution in [1.82, 2.24) is 0 Å². The molecule has 0 fully saturated rings. The number of carbonyl (C=O) groups is 1. The van der Waals surface area contributed by atoms with Crippen molar-refractivity contribution in [3.8, 4) is 0 Å². The molecule has 0 bridgehead atoms. The Morgan fingerprint density at radius 1 is 1.19 bits per heavy atom. The van der Waals surface area contributed by atoms with E-state index in [0.29, 0.717) is 0 Å². The summed E-state index contributed by atoms with van der Waals surface area (Å²) < 4.78 is 6.96. The van der Waals surface area contributed by atoms with Gasteiger partial charge in [0.05, 0.1) is 11.3 Å². The largest absolute Gasteiger partial charge is 0.340 e. The maximum Gasteiger partial charge on any atom is 0.192 e. The number of nitrogens with zero attached hydrogens (tertiary/aromatic N) is 1. The first kappa shape index (κ1) is 14.3. The van der Waals surface area contributed by atoms with Gasteiger partial charge >= 0.3 is 0 Å². The van der Waals surface area contributed by atoms with Crippen molar-refractivity contribution in [2.75, 3.05) is 4.90 Å². The molecule has 0 saturated carbocycles. The van der Waals surface area contributed by atoms with Crippen molar-refractivity contribution in [2.45, 2.75) is 25.7 Å². The molecule has 0 amide bonds. The molecule has 0 aliphatic carbocycles. The van der Waals surface area contributed by atoms with E-state index in [1.807, 2.05) is 67.3 Å². The average molecular weight is 346 g/mol. The highest BCUT2D eigenvalue weighted by Gasteiger charge is 2.38. The van der Waals surface area contributed by atoms with Crippen LogP contribution in [-0.4, -0.2) is 12.5 Å². The normalized spacial score (nSPS) is 20.0. The van der Waals surface area contributed by atoms with Crippen molar-refractivity contribution in [1.29, 1.82) is 0 Å². The second-order valence-corrected chi connectivity index (χ2v) is 6.44. The highest BCUT2D eigenvalue weighted by molar-refractivity contribution is 9.10. The molecule has 0 N–H and O–H groups in total. The third-order valence-electron chi connectivity index (χ3n) is 3.68. The molecule has 1 unspecified atom stereocenters. The summed E-state index contributed by atoms with van der Waals surface area (Å²) in [5, 5.41) is 0. The number of halogens is 1. The number of carbonyl (C=O) groups excluding carboxylic acids is 1. The predicted molar refractivity (Wildman–Crippen MR) is 86.7 cm³/mol. The molecule has 2 aromatic carbocycles. The summed E-state index contributed by atoms with van der Waals surface area (Å²) in [4.78, 5) is 13.5. The molecule has 0 aromatic heterocycles. The zero-order chi connectivity index (χ0) is 15.0.